The molecule has 1 atom stereocenters. The molecule has 9 heteroatoms. The van der Waals surface area contributed by atoms with E-state index in [0.29, 0.717) is 0 Å². The molecule has 1 amide bonds. The average Bonchev–Trinajstić information content (AvgIpc) is 2.71. The molecule has 2 rings (SSSR count). The first-order chi connectivity index (χ1) is 10.8. The Hall–Kier alpha value is -1.71. The Morgan fingerprint density at radius 3 is 2.65 bits per heavy atom. The Bertz CT molecular complexity index is 734. The van der Waals surface area contributed by atoms with Gasteiger partial charge in [0.2, 0.25) is 0 Å². The van der Waals surface area contributed by atoms with Crippen LogP contribution in [0.1, 0.15) is 12.0 Å². The van der Waals surface area contributed by atoms with E-state index >= 15 is 0 Å². The molecule has 1 aromatic carbocycles. The summed E-state index contributed by atoms with van der Waals surface area (Å²) in [5.74, 6) is -3.33. The molecule has 0 aromatic heterocycles. The van der Waals surface area contributed by atoms with Gasteiger partial charge in [0.25, 0.3) is 5.91 Å². The first-order valence-corrected chi connectivity index (χ1v) is 8.28. The maximum absolute atomic E-state index is 12.4. The Morgan fingerprint density at radius 2 is 2.09 bits per heavy atom. The van der Waals surface area contributed by atoms with E-state index in [1.54, 1.807) is 24.3 Å². The number of hydrogen-bond acceptors (Lipinski definition) is 5. The molecule has 120 valence electrons. The fourth-order valence-electron chi connectivity index (χ4n) is 1.95. The van der Waals surface area contributed by atoms with Crippen molar-refractivity contribution in [3.05, 3.63) is 39.2 Å². The number of carbonyl (C=O) groups excluding carboxylic acids is 1. The molecule has 0 saturated carbocycles. The fourth-order valence-corrected chi connectivity index (χ4v) is 3.72. The second-order valence-electron chi connectivity index (χ2n) is 4.56. The van der Waals surface area contributed by atoms with Crippen molar-refractivity contribution in [2.45, 2.75) is 12.5 Å². The highest BCUT2D eigenvalue weighted by molar-refractivity contribution is 9.10. The Kier molecular flexibility index (Phi) is 5.55. The van der Waals surface area contributed by atoms with Gasteiger partial charge in [-0.25, -0.2) is 4.79 Å². The highest BCUT2D eigenvalue weighted by Gasteiger charge is 2.41. The average molecular weight is 416 g/mol. The highest BCUT2D eigenvalue weighted by Crippen LogP contribution is 2.34. The third-order valence-electron chi connectivity index (χ3n) is 2.93. The standard InChI is InChI=1S/C14H10BrNO5S2/c15-8-3-1-2-7(4-8)5-10-12(19)16(14(22)23-10)9(13(20)21)6-11(17)18/h1-5,9H,6H2,(H,17,18)(H,20,21). The van der Waals surface area contributed by atoms with Gasteiger partial charge >= 0.3 is 11.9 Å². The minimum atomic E-state index is -1.52. The number of thiocarbonyl (C=S) groups is 1. The van der Waals surface area contributed by atoms with E-state index in [9.17, 15) is 19.5 Å². The zero-order valence-corrected chi connectivity index (χ0v) is 14.7. The van der Waals surface area contributed by atoms with E-state index in [0.717, 1.165) is 26.7 Å². The summed E-state index contributed by atoms with van der Waals surface area (Å²) in [7, 11) is 0. The number of benzene rings is 1. The first kappa shape index (κ1) is 17.6. The SMILES string of the molecule is O=C(O)CC(C(=O)O)N1C(=O)C(=Cc2cccc(Br)c2)SC1=S. The normalized spacial score (nSPS) is 17.6. The quantitative estimate of drug-likeness (QED) is 0.563. The van der Waals surface area contributed by atoms with Crippen LogP contribution in [0.5, 0.6) is 0 Å². The van der Waals surface area contributed by atoms with Crippen LogP contribution in [0.15, 0.2) is 33.6 Å². The summed E-state index contributed by atoms with van der Waals surface area (Å²) < 4.78 is 0.862. The summed E-state index contributed by atoms with van der Waals surface area (Å²) in [4.78, 5) is 35.6. The van der Waals surface area contributed by atoms with Crippen LogP contribution in [0, 0.1) is 0 Å². The van der Waals surface area contributed by atoms with Crippen molar-refractivity contribution in [2.24, 2.45) is 0 Å². The van der Waals surface area contributed by atoms with Gasteiger partial charge in [0.05, 0.1) is 11.3 Å². The maximum atomic E-state index is 12.4. The maximum Gasteiger partial charge on any atom is 0.327 e. The molecule has 1 saturated heterocycles. The van der Waals surface area contributed by atoms with E-state index < -0.39 is 30.3 Å². The first-order valence-electron chi connectivity index (χ1n) is 6.27. The molecule has 1 fully saturated rings. The summed E-state index contributed by atoms with van der Waals surface area (Å²) in [6.07, 6.45) is 0.871. The smallest absolute Gasteiger partial charge is 0.327 e. The predicted molar refractivity (Wildman–Crippen MR) is 92.8 cm³/mol. The molecule has 1 aliphatic rings. The molecule has 0 spiro atoms. The Morgan fingerprint density at radius 1 is 1.39 bits per heavy atom. The third kappa shape index (κ3) is 4.18. The third-order valence-corrected chi connectivity index (χ3v) is 4.76. The summed E-state index contributed by atoms with van der Waals surface area (Å²) in [5, 5.41) is 18.0. The van der Waals surface area contributed by atoms with E-state index in [-0.39, 0.29) is 9.23 Å². The van der Waals surface area contributed by atoms with Gasteiger partial charge in [0.15, 0.2) is 0 Å². The monoisotopic (exact) mass is 415 g/mol. The number of carboxylic acid groups (broad SMARTS) is 2. The number of carboxylic acids is 2. The van der Waals surface area contributed by atoms with Gasteiger partial charge in [-0.15, -0.1) is 0 Å². The number of halogens is 1. The number of amides is 1. The number of carbonyl (C=O) groups is 3. The number of nitrogens with zero attached hydrogens (tertiary/aromatic N) is 1. The van der Waals surface area contributed by atoms with E-state index in [1.165, 1.54) is 0 Å². The molecule has 23 heavy (non-hydrogen) atoms. The second kappa shape index (κ2) is 7.24. The van der Waals surface area contributed by atoms with Gasteiger partial charge in [-0.3, -0.25) is 14.5 Å². The molecule has 1 aromatic rings. The Labute approximate surface area is 149 Å². The second-order valence-corrected chi connectivity index (χ2v) is 7.15. The minimum Gasteiger partial charge on any atom is -0.481 e. The van der Waals surface area contributed by atoms with Gasteiger partial charge < -0.3 is 10.2 Å². The van der Waals surface area contributed by atoms with Crippen molar-refractivity contribution in [1.29, 1.82) is 0 Å². The lowest BCUT2D eigenvalue weighted by molar-refractivity contribution is -0.150. The Balaban J connectivity index is 2.32. The van der Waals surface area contributed by atoms with Crippen LogP contribution in [0.2, 0.25) is 0 Å². The minimum absolute atomic E-state index is 0.0323. The molecule has 2 N–H and O–H groups in total. The van der Waals surface area contributed by atoms with Gasteiger partial charge in [-0.1, -0.05) is 52.0 Å². The molecule has 1 aliphatic heterocycles. The van der Waals surface area contributed by atoms with Crippen LogP contribution < -0.4 is 0 Å². The summed E-state index contributed by atoms with van der Waals surface area (Å²) in [5.41, 5.74) is 0.741. The van der Waals surface area contributed by atoms with Crippen molar-refractivity contribution in [2.75, 3.05) is 0 Å². The molecule has 1 unspecified atom stereocenters. The van der Waals surface area contributed by atoms with Crippen molar-refractivity contribution >= 4 is 68.2 Å². The van der Waals surface area contributed by atoms with E-state index in [2.05, 4.69) is 15.9 Å². The summed E-state index contributed by atoms with van der Waals surface area (Å²) >= 11 is 9.32. The van der Waals surface area contributed by atoms with Crippen LogP contribution in [0.25, 0.3) is 6.08 Å². The van der Waals surface area contributed by atoms with Crippen LogP contribution in [-0.2, 0) is 14.4 Å². The van der Waals surface area contributed by atoms with Crippen molar-refractivity contribution in [3.8, 4) is 0 Å². The lowest BCUT2D eigenvalue weighted by atomic mass is 10.1. The van der Waals surface area contributed by atoms with Crippen molar-refractivity contribution in [3.63, 3.8) is 0 Å². The molecule has 0 aliphatic carbocycles. The van der Waals surface area contributed by atoms with Crippen molar-refractivity contribution < 1.29 is 24.6 Å². The predicted octanol–water partition coefficient (Wildman–Crippen LogP) is 2.58. The molecule has 6 nitrogen and oxygen atoms in total. The van der Waals surface area contributed by atoms with E-state index in [4.69, 9.17) is 17.3 Å². The number of aliphatic carboxylic acids is 2. The largest absolute Gasteiger partial charge is 0.481 e. The van der Waals surface area contributed by atoms with Crippen LogP contribution in [0.3, 0.4) is 0 Å². The zero-order chi connectivity index (χ0) is 17.1. The van der Waals surface area contributed by atoms with Crippen molar-refractivity contribution in [1.82, 2.24) is 4.90 Å². The van der Waals surface area contributed by atoms with E-state index in [1.807, 2.05) is 6.07 Å². The van der Waals surface area contributed by atoms with Crippen LogP contribution in [-0.4, -0.2) is 43.3 Å². The van der Waals surface area contributed by atoms with Gasteiger partial charge in [-0.2, -0.15) is 0 Å². The lowest BCUT2D eigenvalue weighted by Crippen LogP contribution is -2.45. The van der Waals surface area contributed by atoms with Gasteiger partial charge in [-0.05, 0) is 23.8 Å². The molecular weight excluding hydrogens is 406 g/mol. The molecule has 1 heterocycles. The number of hydrogen-bond donors (Lipinski definition) is 2. The number of thioether (sulfide) groups is 1. The van der Waals surface area contributed by atoms with Gasteiger partial charge in [0.1, 0.15) is 10.4 Å². The lowest BCUT2D eigenvalue weighted by Gasteiger charge is -2.21. The molecule has 0 bridgehead atoms. The molecule has 0 radical (unpaired) electrons. The van der Waals surface area contributed by atoms with Crippen LogP contribution in [0.4, 0.5) is 0 Å². The fraction of sp³-hybridized carbons (Fsp3) is 0.143. The van der Waals surface area contributed by atoms with Gasteiger partial charge in [0, 0.05) is 4.47 Å². The zero-order valence-electron chi connectivity index (χ0n) is 11.4. The summed E-state index contributed by atoms with van der Waals surface area (Å²) in [6, 6.07) is 5.67. The van der Waals surface area contributed by atoms with Crippen LogP contribution >= 0.6 is 39.9 Å². The number of rotatable bonds is 5. The highest BCUT2D eigenvalue weighted by atomic mass is 79.9. The topological polar surface area (TPSA) is 94.9 Å². The molecular formula is C14H10BrNO5S2. The summed E-state index contributed by atoms with van der Waals surface area (Å²) in [6.45, 7) is 0.